The number of fused-ring (bicyclic) bond motifs is 1. The van der Waals surface area contributed by atoms with E-state index in [-0.39, 0.29) is 6.04 Å². The van der Waals surface area contributed by atoms with Crippen molar-refractivity contribution in [3.63, 3.8) is 0 Å². The highest BCUT2D eigenvalue weighted by molar-refractivity contribution is 5.89. The third-order valence-corrected chi connectivity index (χ3v) is 5.14. The Bertz CT molecular complexity index is 726. The Morgan fingerprint density at radius 3 is 2.83 bits per heavy atom. The molecule has 2 aromatic rings. The normalized spacial score (nSPS) is 28.0. The molecule has 0 aliphatic carbocycles. The SMILES string of the molecule is CO[C@@H]1OCC[C@H](n2c(C)cc3c(N4CCCC4)ncnc32)[C@H]1O. The Labute approximate surface area is 141 Å². The third kappa shape index (κ3) is 2.47. The minimum absolute atomic E-state index is 0.109. The molecule has 4 heterocycles. The summed E-state index contributed by atoms with van der Waals surface area (Å²) in [6.45, 7) is 4.70. The van der Waals surface area contributed by atoms with Crippen molar-refractivity contribution in [1.82, 2.24) is 14.5 Å². The summed E-state index contributed by atoms with van der Waals surface area (Å²) in [5.74, 6) is 1.00. The first-order valence-corrected chi connectivity index (χ1v) is 8.60. The first-order chi connectivity index (χ1) is 11.7. The number of hydrogen-bond acceptors (Lipinski definition) is 6. The Morgan fingerprint density at radius 2 is 2.08 bits per heavy atom. The summed E-state index contributed by atoms with van der Waals surface area (Å²) < 4.78 is 12.9. The number of aliphatic hydroxyl groups excluding tert-OH is 1. The largest absolute Gasteiger partial charge is 0.386 e. The highest BCUT2D eigenvalue weighted by atomic mass is 16.7. The molecule has 4 rings (SSSR count). The maximum absolute atomic E-state index is 10.6. The van der Waals surface area contributed by atoms with Crippen LogP contribution in [0.5, 0.6) is 0 Å². The van der Waals surface area contributed by atoms with Gasteiger partial charge in [-0.1, -0.05) is 0 Å². The van der Waals surface area contributed by atoms with Crippen LogP contribution in [0.15, 0.2) is 12.4 Å². The second-order valence-electron chi connectivity index (χ2n) is 6.61. The lowest BCUT2D eigenvalue weighted by molar-refractivity contribution is -0.215. The van der Waals surface area contributed by atoms with Gasteiger partial charge in [-0.2, -0.15) is 0 Å². The van der Waals surface area contributed by atoms with Crippen molar-refractivity contribution < 1.29 is 14.6 Å². The van der Waals surface area contributed by atoms with Crippen molar-refractivity contribution in [1.29, 1.82) is 0 Å². The predicted molar refractivity (Wildman–Crippen MR) is 90.1 cm³/mol. The van der Waals surface area contributed by atoms with Crippen LogP contribution in [0.3, 0.4) is 0 Å². The average molecular weight is 332 g/mol. The van der Waals surface area contributed by atoms with Gasteiger partial charge in [0.05, 0.1) is 18.0 Å². The maximum atomic E-state index is 10.6. The molecular weight excluding hydrogens is 308 g/mol. The van der Waals surface area contributed by atoms with Crippen molar-refractivity contribution in [2.24, 2.45) is 0 Å². The molecule has 24 heavy (non-hydrogen) atoms. The van der Waals surface area contributed by atoms with Crippen LogP contribution in [-0.2, 0) is 9.47 Å². The average Bonchev–Trinajstić information content (AvgIpc) is 3.22. The number of aryl methyl sites for hydroxylation is 1. The van der Waals surface area contributed by atoms with Gasteiger partial charge in [0, 0.05) is 25.9 Å². The second kappa shape index (κ2) is 6.31. The standard InChI is InChI=1S/C17H24N4O3/c1-11-9-12-15(20-6-3-4-7-20)18-10-19-16(12)21(11)13-5-8-24-17(23-2)14(13)22/h9-10,13-14,17,22H,3-8H2,1-2H3/t13-,14+,17+/m0/s1. The fraction of sp³-hybridized carbons (Fsp3) is 0.647. The van der Waals surface area contributed by atoms with Crippen LogP contribution in [-0.4, -0.2) is 58.8 Å². The molecule has 0 radical (unpaired) electrons. The van der Waals surface area contributed by atoms with Gasteiger partial charge in [0.2, 0.25) is 0 Å². The maximum Gasteiger partial charge on any atom is 0.185 e. The van der Waals surface area contributed by atoms with Crippen molar-refractivity contribution in [2.75, 3.05) is 31.7 Å². The molecule has 7 nitrogen and oxygen atoms in total. The number of rotatable bonds is 3. The quantitative estimate of drug-likeness (QED) is 0.921. The van der Waals surface area contributed by atoms with Gasteiger partial charge in [-0.15, -0.1) is 0 Å². The number of nitrogens with zero attached hydrogens (tertiary/aromatic N) is 4. The van der Waals surface area contributed by atoms with E-state index in [0.29, 0.717) is 6.61 Å². The van der Waals surface area contributed by atoms with Crippen LogP contribution in [0, 0.1) is 6.92 Å². The number of ether oxygens (including phenoxy) is 2. The zero-order valence-electron chi connectivity index (χ0n) is 14.2. The molecule has 0 unspecified atom stereocenters. The lowest BCUT2D eigenvalue weighted by Crippen LogP contribution is -2.43. The molecule has 2 fully saturated rings. The van der Waals surface area contributed by atoms with Gasteiger partial charge in [-0.05, 0) is 32.3 Å². The molecule has 1 N–H and O–H groups in total. The summed E-state index contributed by atoms with van der Waals surface area (Å²) in [7, 11) is 1.56. The first kappa shape index (κ1) is 15.8. The number of aliphatic hydroxyl groups is 1. The van der Waals surface area contributed by atoms with Crippen LogP contribution in [0.1, 0.15) is 31.0 Å². The van der Waals surface area contributed by atoms with Gasteiger partial charge >= 0.3 is 0 Å². The summed E-state index contributed by atoms with van der Waals surface area (Å²) >= 11 is 0. The minimum atomic E-state index is -0.719. The molecule has 2 saturated heterocycles. The molecule has 2 aromatic heterocycles. The monoisotopic (exact) mass is 332 g/mol. The fourth-order valence-corrected chi connectivity index (χ4v) is 3.99. The molecule has 7 heteroatoms. The van der Waals surface area contributed by atoms with E-state index in [1.165, 1.54) is 12.8 Å². The van der Waals surface area contributed by atoms with Gasteiger partial charge in [0.15, 0.2) is 6.29 Å². The Morgan fingerprint density at radius 1 is 1.29 bits per heavy atom. The molecule has 0 saturated carbocycles. The van der Waals surface area contributed by atoms with Gasteiger partial charge < -0.3 is 24.0 Å². The predicted octanol–water partition coefficient (Wildman–Crippen LogP) is 1.63. The molecule has 0 aromatic carbocycles. The first-order valence-electron chi connectivity index (χ1n) is 8.60. The van der Waals surface area contributed by atoms with E-state index in [9.17, 15) is 5.11 Å². The van der Waals surface area contributed by atoms with Crippen LogP contribution in [0.25, 0.3) is 11.0 Å². The lowest BCUT2D eigenvalue weighted by atomic mass is 10.0. The fourth-order valence-electron chi connectivity index (χ4n) is 3.99. The van der Waals surface area contributed by atoms with Crippen LogP contribution in [0.2, 0.25) is 0 Å². The summed E-state index contributed by atoms with van der Waals surface area (Å²) in [6.07, 6.45) is 3.46. The minimum Gasteiger partial charge on any atom is -0.386 e. The van der Waals surface area contributed by atoms with E-state index in [1.807, 2.05) is 0 Å². The molecule has 2 aliphatic heterocycles. The number of hydrogen-bond donors (Lipinski definition) is 1. The van der Waals surface area contributed by atoms with E-state index in [4.69, 9.17) is 9.47 Å². The Hall–Kier alpha value is -1.70. The van der Waals surface area contributed by atoms with Gasteiger partial charge in [-0.3, -0.25) is 0 Å². The van der Waals surface area contributed by atoms with Crippen molar-refractivity contribution >= 4 is 16.9 Å². The van der Waals surface area contributed by atoms with Gasteiger partial charge in [0.1, 0.15) is 23.9 Å². The lowest BCUT2D eigenvalue weighted by Gasteiger charge is -2.35. The Kier molecular flexibility index (Phi) is 4.15. The van der Waals surface area contributed by atoms with Crippen LogP contribution in [0.4, 0.5) is 5.82 Å². The topological polar surface area (TPSA) is 72.6 Å². The van der Waals surface area contributed by atoms with E-state index in [1.54, 1.807) is 13.4 Å². The molecule has 2 aliphatic rings. The van der Waals surface area contributed by atoms with Crippen molar-refractivity contribution in [3.05, 3.63) is 18.1 Å². The van der Waals surface area contributed by atoms with Gasteiger partial charge in [0.25, 0.3) is 0 Å². The molecule has 3 atom stereocenters. The molecular formula is C17H24N4O3. The third-order valence-electron chi connectivity index (χ3n) is 5.14. The summed E-state index contributed by atoms with van der Waals surface area (Å²) in [5, 5.41) is 11.7. The van der Waals surface area contributed by atoms with E-state index >= 15 is 0 Å². The van der Waals surface area contributed by atoms with Crippen LogP contribution >= 0.6 is 0 Å². The van der Waals surface area contributed by atoms with E-state index in [2.05, 4.69) is 32.4 Å². The number of aromatic nitrogens is 3. The van der Waals surface area contributed by atoms with E-state index in [0.717, 1.165) is 42.1 Å². The van der Waals surface area contributed by atoms with Crippen molar-refractivity contribution in [2.45, 2.75) is 44.6 Å². The second-order valence-corrected chi connectivity index (χ2v) is 6.61. The summed E-state index contributed by atoms with van der Waals surface area (Å²) in [5.41, 5.74) is 1.96. The smallest absolute Gasteiger partial charge is 0.185 e. The van der Waals surface area contributed by atoms with Crippen molar-refractivity contribution in [3.8, 4) is 0 Å². The Balaban J connectivity index is 1.78. The highest BCUT2D eigenvalue weighted by Gasteiger charge is 2.36. The molecule has 0 spiro atoms. The molecule has 130 valence electrons. The highest BCUT2D eigenvalue weighted by Crippen LogP contribution is 2.34. The van der Waals surface area contributed by atoms with E-state index < -0.39 is 12.4 Å². The number of anilines is 1. The van der Waals surface area contributed by atoms with Gasteiger partial charge in [-0.25, -0.2) is 9.97 Å². The summed E-state index contributed by atoms with van der Waals surface area (Å²) in [6, 6.07) is 2.02. The molecule has 0 bridgehead atoms. The zero-order valence-corrected chi connectivity index (χ0v) is 14.2. The summed E-state index contributed by atoms with van der Waals surface area (Å²) in [4.78, 5) is 11.4. The molecule has 0 amide bonds. The van der Waals surface area contributed by atoms with Crippen LogP contribution < -0.4 is 4.90 Å². The zero-order chi connectivity index (χ0) is 16.7. The number of methoxy groups -OCH3 is 1.